The molecule has 0 atom stereocenters. The Labute approximate surface area is 87.6 Å². The molecule has 2 saturated heterocycles. The molecule has 0 N–H and O–H groups in total. The molecule has 2 fully saturated rings. The van der Waals surface area contributed by atoms with Crippen LogP contribution in [0.3, 0.4) is 0 Å². The van der Waals surface area contributed by atoms with Crippen molar-refractivity contribution in [1.82, 2.24) is 9.80 Å². The first-order chi connectivity index (χ1) is 6.52. The standard InChI is InChI=1S/C12H22N2/c1-10(2)13-6-5-12(7-13)8-14(9-12)11(3)4/h10H,3,5-9H2,1-2,4H3. The van der Waals surface area contributed by atoms with Gasteiger partial charge < -0.3 is 9.80 Å². The Morgan fingerprint density at radius 3 is 2.36 bits per heavy atom. The molecule has 0 aromatic carbocycles. The van der Waals surface area contributed by atoms with Crippen molar-refractivity contribution < 1.29 is 0 Å². The van der Waals surface area contributed by atoms with Crippen molar-refractivity contribution in [3.63, 3.8) is 0 Å². The molecule has 80 valence electrons. The summed E-state index contributed by atoms with van der Waals surface area (Å²) in [5, 5.41) is 0. The van der Waals surface area contributed by atoms with E-state index in [4.69, 9.17) is 0 Å². The molecule has 0 aromatic heterocycles. The van der Waals surface area contributed by atoms with Crippen LogP contribution in [0.5, 0.6) is 0 Å². The topological polar surface area (TPSA) is 6.48 Å². The van der Waals surface area contributed by atoms with Gasteiger partial charge in [-0.1, -0.05) is 6.58 Å². The number of nitrogens with zero attached hydrogens (tertiary/aromatic N) is 2. The fraction of sp³-hybridized carbons (Fsp3) is 0.833. The van der Waals surface area contributed by atoms with E-state index >= 15 is 0 Å². The van der Waals surface area contributed by atoms with E-state index in [0.717, 1.165) is 0 Å². The van der Waals surface area contributed by atoms with Crippen molar-refractivity contribution in [2.24, 2.45) is 5.41 Å². The number of hydrogen-bond donors (Lipinski definition) is 0. The molecular weight excluding hydrogens is 172 g/mol. The molecule has 14 heavy (non-hydrogen) atoms. The van der Waals surface area contributed by atoms with Crippen LogP contribution in [-0.2, 0) is 0 Å². The van der Waals surface area contributed by atoms with Crippen LogP contribution in [0.4, 0.5) is 0 Å². The first-order valence-corrected chi connectivity index (χ1v) is 5.67. The number of likely N-dealkylation sites (tertiary alicyclic amines) is 2. The van der Waals surface area contributed by atoms with Gasteiger partial charge in [-0.05, 0) is 33.7 Å². The quantitative estimate of drug-likeness (QED) is 0.663. The largest absolute Gasteiger partial charge is 0.374 e. The van der Waals surface area contributed by atoms with E-state index in [1.807, 2.05) is 0 Å². The van der Waals surface area contributed by atoms with E-state index in [2.05, 4.69) is 37.1 Å². The molecule has 2 aliphatic heterocycles. The summed E-state index contributed by atoms with van der Waals surface area (Å²) in [7, 11) is 0. The maximum Gasteiger partial charge on any atom is 0.0261 e. The van der Waals surface area contributed by atoms with Gasteiger partial charge in [-0.2, -0.15) is 0 Å². The van der Waals surface area contributed by atoms with Crippen molar-refractivity contribution in [2.45, 2.75) is 33.2 Å². The number of allylic oxidation sites excluding steroid dienone is 1. The third-order valence-corrected chi connectivity index (χ3v) is 3.79. The van der Waals surface area contributed by atoms with Crippen LogP contribution in [0.15, 0.2) is 12.3 Å². The zero-order valence-corrected chi connectivity index (χ0v) is 9.71. The third kappa shape index (κ3) is 1.56. The molecule has 0 amide bonds. The zero-order chi connectivity index (χ0) is 10.3. The molecule has 1 spiro atoms. The Morgan fingerprint density at radius 1 is 1.29 bits per heavy atom. The first kappa shape index (κ1) is 10.0. The fourth-order valence-corrected chi connectivity index (χ4v) is 2.70. The van der Waals surface area contributed by atoms with Gasteiger partial charge in [-0.25, -0.2) is 0 Å². The first-order valence-electron chi connectivity index (χ1n) is 5.67. The van der Waals surface area contributed by atoms with Crippen molar-refractivity contribution in [2.75, 3.05) is 26.2 Å². The lowest BCUT2D eigenvalue weighted by Gasteiger charge is -2.50. The lowest BCUT2D eigenvalue weighted by molar-refractivity contribution is 0.0350. The monoisotopic (exact) mass is 194 g/mol. The summed E-state index contributed by atoms with van der Waals surface area (Å²) in [6.07, 6.45) is 1.38. The van der Waals surface area contributed by atoms with Crippen LogP contribution < -0.4 is 0 Å². The molecule has 2 aliphatic rings. The van der Waals surface area contributed by atoms with Gasteiger partial charge in [0.05, 0.1) is 0 Å². The zero-order valence-electron chi connectivity index (χ0n) is 9.71. The van der Waals surface area contributed by atoms with Crippen LogP contribution in [0.25, 0.3) is 0 Å². The Balaban J connectivity index is 1.88. The van der Waals surface area contributed by atoms with Crippen LogP contribution in [0.2, 0.25) is 0 Å². The van der Waals surface area contributed by atoms with Gasteiger partial charge in [0.15, 0.2) is 0 Å². The third-order valence-electron chi connectivity index (χ3n) is 3.79. The predicted molar refractivity (Wildman–Crippen MR) is 60.1 cm³/mol. The Morgan fingerprint density at radius 2 is 1.93 bits per heavy atom. The number of hydrogen-bond acceptors (Lipinski definition) is 2. The normalized spacial score (nSPS) is 25.9. The van der Waals surface area contributed by atoms with Gasteiger partial charge in [0.1, 0.15) is 0 Å². The minimum Gasteiger partial charge on any atom is -0.374 e. The van der Waals surface area contributed by atoms with E-state index in [9.17, 15) is 0 Å². The highest BCUT2D eigenvalue weighted by Crippen LogP contribution is 2.41. The summed E-state index contributed by atoms with van der Waals surface area (Å²) in [5.74, 6) is 0. The van der Waals surface area contributed by atoms with Gasteiger partial charge in [0.2, 0.25) is 0 Å². The average molecular weight is 194 g/mol. The molecule has 2 nitrogen and oxygen atoms in total. The van der Waals surface area contributed by atoms with Crippen LogP contribution in [0.1, 0.15) is 27.2 Å². The maximum absolute atomic E-state index is 4.00. The van der Waals surface area contributed by atoms with Gasteiger partial charge in [0.25, 0.3) is 0 Å². The van der Waals surface area contributed by atoms with Crippen LogP contribution in [-0.4, -0.2) is 42.0 Å². The molecule has 0 bridgehead atoms. The Bertz CT molecular complexity index is 239. The van der Waals surface area contributed by atoms with Crippen molar-refractivity contribution in [3.8, 4) is 0 Å². The summed E-state index contributed by atoms with van der Waals surface area (Å²) in [4.78, 5) is 5.01. The van der Waals surface area contributed by atoms with Crippen molar-refractivity contribution in [3.05, 3.63) is 12.3 Å². The average Bonchev–Trinajstić information content (AvgIpc) is 2.44. The second kappa shape index (κ2) is 3.27. The second-order valence-electron chi connectivity index (χ2n) is 5.41. The minimum absolute atomic E-state index is 0.614. The molecule has 0 unspecified atom stereocenters. The van der Waals surface area contributed by atoms with Crippen molar-refractivity contribution >= 4 is 0 Å². The van der Waals surface area contributed by atoms with Gasteiger partial charge >= 0.3 is 0 Å². The summed E-state index contributed by atoms with van der Waals surface area (Å²) < 4.78 is 0. The Hall–Kier alpha value is -0.500. The van der Waals surface area contributed by atoms with E-state index in [1.54, 1.807) is 0 Å². The highest BCUT2D eigenvalue weighted by molar-refractivity contribution is 5.08. The van der Waals surface area contributed by atoms with Gasteiger partial charge in [-0.15, -0.1) is 0 Å². The summed E-state index contributed by atoms with van der Waals surface area (Å²) in [6.45, 7) is 15.8. The molecule has 2 heterocycles. The smallest absolute Gasteiger partial charge is 0.0261 e. The highest BCUT2D eigenvalue weighted by atomic mass is 15.3. The molecule has 0 saturated carbocycles. The molecule has 0 aliphatic carbocycles. The van der Waals surface area contributed by atoms with Crippen LogP contribution >= 0.6 is 0 Å². The summed E-state index contributed by atoms with van der Waals surface area (Å²) >= 11 is 0. The van der Waals surface area contributed by atoms with Crippen molar-refractivity contribution in [1.29, 1.82) is 0 Å². The SMILES string of the molecule is C=C(C)N1CC2(CCN(C(C)C)C2)C1. The maximum atomic E-state index is 4.00. The lowest BCUT2D eigenvalue weighted by atomic mass is 9.79. The summed E-state index contributed by atoms with van der Waals surface area (Å²) in [6, 6.07) is 0.716. The van der Waals surface area contributed by atoms with E-state index in [1.165, 1.54) is 38.3 Å². The highest BCUT2D eigenvalue weighted by Gasteiger charge is 2.47. The molecule has 0 aromatic rings. The van der Waals surface area contributed by atoms with Gasteiger partial charge in [0, 0.05) is 36.8 Å². The molecular formula is C12H22N2. The predicted octanol–water partition coefficient (Wildman–Crippen LogP) is 1.94. The fourth-order valence-electron chi connectivity index (χ4n) is 2.70. The lowest BCUT2D eigenvalue weighted by Crippen LogP contribution is -2.56. The number of rotatable bonds is 2. The summed E-state index contributed by atoms with van der Waals surface area (Å²) in [5.41, 5.74) is 1.85. The molecule has 0 radical (unpaired) electrons. The van der Waals surface area contributed by atoms with E-state index in [0.29, 0.717) is 11.5 Å². The Kier molecular flexibility index (Phi) is 2.34. The molecule has 2 rings (SSSR count). The van der Waals surface area contributed by atoms with E-state index < -0.39 is 0 Å². The molecule has 2 heteroatoms. The van der Waals surface area contributed by atoms with E-state index in [-0.39, 0.29) is 0 Å². The van der Waals surface area contributed by atoms with Crippen LogP contribution in [0, 0.1) is 5.41 Å². The second-order valence-corrected chi connectivity index (χ2v) is 5.41. The minimum atomic E-state index is 0.614. The van der Waals surface area contributed by atoms with Gasteiger partial charge in [-0.3, -0.25) is 0 Å².